The molecule has 2 aromatic rings. The van der Waals surface area contributed by atoms with E-state index in [9.17, 15) is 19.7 Å². The number of rotatable bonds is 9. The Morgan fingerprint density at radius 2 is 1.82 bits per heavy atom. The number of nitrogens with zero attached hydrogens (tertiary/aromatic N) is 1. The summed E-state index contributed by atoms with van der Waals surface area (Å²) in [5.74, 6) is -0.0713. The molecule has 180 valence electrons. The van der Waals surface area contributed by atoms with Crippen molar-refractivity contribution >= 4 is 23.4 Å². The molecule has 1 heterocycles. The van der Waals surface area contributed by atoms with Crippen LogP contribution in [-0.2, 0) is 9.53 Å². The number of hydrogen-bond acceptors (Lipinski definition) is 8. The average Bonchev–Trinajstić information content (AvgIpc) is 2.85. The van der Waals surface area contributed by atoms with E-state index in [0.717, 1.165) is 0 Å². The maximum Gasteiger partial charge on any atom is 0.338 e. The van der Waals surface area contributed by atoms with Crippen molar-refractivity contribution in [3.8, 4) is 17.2 Å². The topological polar surface area (TPSA) is 138 Å². The van der Waals surface area contributed by atoms with Crippen molar-refractivity contribution < 1.29 is 33.5 Å². The van der Waals surface area contributed by atoms with E-state index in [1.807, 2.05) is 6.92 Å². The van der Waals surface area contributed by atoms with Crippen LogP contribution < -0.4 is 24.8 Å². The van der Waals surface area contributed by atoms with Crippen LogP contribution in [0.15, 0.2) is 42.0 Å². The van der Waals surface area contributed by atoms with Crippen LogP contribution in [0.3, 0.4) is 0 Å². The van der Waals surface area contributed by atoms with Gasteiger partial charge >= 0.3 is 17.7 Å². The molecule has 0 saturated heterocycles. The van der Waals surface area contributed by atoms with Crippen LogP contribution in [0.1, 0.15) is 30.5 Å². The molecule has 2 aromatic carbocycles. The predicted molar refractivity (Wildman–Crippen MR) is 122 cm³/mol. The number of ether oxygens (including phenoxy) is 4. The van der Waals surface area contributed by atoms with Gasteiger partial charge in [0.15, 0.2) is 5.75 Å². The van der Waals surface area contributed by atoms with E-state index in [1.165, 1.54) is 33.5 Å². The Hall–Kier alpha value is -4.28. The van der Waals surface area contributed by atoms with E-state index in [-0.39, 0.29) is 40.6 Å². The SMILES string of the molecule is CCCOc1c(OC)cc(C2NC(=O)NC(c3ccc(OC)cc3)=C2C(=O)OC)cc1[N+](=O)[O-]. The van der Waals surface area contributed by atoms with Crippen molar-refractivity contribution in [1.82, 2.24) is 10.6 Å². The third kappa shape index (κ3) is 4.87. The molecule has 0 saturated carbocycles. The molecular formula is C23H25N3O8. The van der Waals surface area contributed by atoms with Crippen molar-refractivity contribution in [2.45, 2.75) is 19.4 Å². The Morgan fingerprint density at radius 1 is 1.12 bits per heavy atom. The first-order valence-electron chi connectivity index (χ1n) is 10.4. The number of nitrogens with one attached hydrogen (secondary N) is 2. The first-order valence-corrected chi connectivity index (χ1v) is 10.4. The summed E-state index contributed by atoms with van der Waals surface area (Å²) in [4.78, 5) is 36.6. The van der Waals surface area contributed by atoms with Gasteiger partial charge in [0.25, 0.3) is 0 Å². The summed E-state index contributed by atoms with van der Waals surface area (Å²) in [6.07, 6.45) is 0.632. The molecule has 1 aliphatic heterocycles. The zero-order valence-electron chi connectivity index (χ0n) is 19.2. The minimum absolute atomic E-state index is 0.0302. The fourth-order valence-electron chi connectivity index (χ4n) is 3.54. The van der Waals surface area contributed by atoms with Crippen molar-refractivity contribution in [2.75, 3.05) is 27.9 Å². The van der Waals surface area contributed by atoms with Crippen molar-refractivity contribution in [2.24, 2.45) is 0 Å². The lowest BCUT2D eigenvalue weighted by Gasteiger charge is -2.29. The molecule has 11 nitrogen and oxygen atoms in total. The lowest BCUT2D eigenvalue weighted by Crippen LogP contribution is -2.45. The molecule has 0 radical (unpaired) electrons. The second-order valence-corrected chi connectivity index (χ2v) is 7.22. The van der Waals surface area contributed by atoms with Gasteiger partial charge in [-0.15, -0.1) is 0 Å². The van der Waals surface area contributed by atoms with Crippen molar-refractivity contribution in [3.05, 3.63) is 63.2 Å². The summed E-state index contributed by atoms with van der Waals surface area (Å²) in [7, 11) is 4.08. The predicted octanol–water partition coefficient (Wildman–Crippen LogP) is 3.34. The standard InChI is InChI=1S/C23H25N3O8/c1-5-10-34-21-16(26(29)30)11-14(12-17(21)32-3)20-18(22(27)33-4)19(24-23(28)25-20)13-6-8-15(31-2)9-7-13/h6-9,11-12,20H,5,10H2,1-4H3,(H2,24,25,28). The number of nitro benzene ring substituents is 1. The van der Waals surface area contributed by atoms with E-state index < -0.39 is 23.0 Å². The van der Waals surface area contributed by atoms with Gasteiger partial charge in [-0.3, -0.25) is 10.1 Å². The monoisotopic (exact) mass is 471 g/mol. The van der Waals surface area contributed by atoms with Crippen molar-refractivity contribution in [3.63, 3.8) is 0 Å². The highest BCUT2D eigenvalue weighted by atomic mass is 16.6. The lowest BCUT2D eigenvalue weighted by molar-refractivity contribution is -0.386. The molecule has 0 bridgehead atoms. The fraction of sp³-hybridized carbons (Fsp3) is 0.304. The maximum atomic E-state index is 12.9. The number of urea groups is 1. The average molecular weight is 471 g/mol. The smallest absolute Gasteiger partial charge is 0.338 e. The molecule has 0 aliphatic carbocycles. The highest BCUT2D eigenvalue weighted by Gasteiger charge is 2.36. The second kappa shape index (κ2) is 10.6. The molecule has 34 heavy (non-hydrogen) atoms. The molecule has 11 heteroatoms. The van der Waals surface area contributed by atoms with Gasteiger partial charge in [0.05, 0.1) is 50.2 Å². The molecule has 1 aliphatic rings. The zero-order chi connectivity index (χ0) is 24.8. The normalized spacial score (nSPS) is 15.2. The fourth-order valence-corrected chi connectivity index (χ4v) is 3.54. The third-order valence-electron chi connectivity index (χ3n) is 5.11. The van der Waals surface area contributed by atoms with E-state index in [4.69, 9.17) is 18.9 Å². The van der Waals surface area contributed by atoms with Gasteiger partial charge in [0.1, 0.15) is 5.75 Å². The Balaban J connectivity index is 2.23. The lowest BCUT2D eigenvalue weighted by atomic mass is 9.92. The number of benzene rings is 2. The molecule has 1 atom stereocenters. The summed E-state index contributed by atoms with van der Waals surface area (Å²) in [5.41, 5.74) is 0.673. The number of methoxy groups -OCH3 is 3. The summed E-state index contributed by atoms with van der Waals surface area (Å²) in [6.45, 7) is 2.11. The van der Waals surface area contributed by atoms with Crippen LogP contribution in [0.5, 0.6) is 17.2 Å². The van der Waals surface area contributed by atoms with Crippen LogP contribution in [0.2, 0.25) is 0 Å². The molecule has 2 amide bonds. The molecule has 0 fully saturated rings. The van der Waals surface area contributed by atoms with E-state index in [0.29, 0.717) is 17.7 Å². The molecule has 1 unspecified atom stereocenters. The Morgan fingerprint density at radius 3 is 2.38 bits per heavy atom. The largest absolute Gasteiger partial charge is 0.497 e. The summed E-state index contributed by atoms with van der Waals surface area (Å²) in [5, 5.41) is 17.1. The van der Waals surface area contributed by atoms with Gasteiger partial charge in [-0.05, 0) is 47.9 Å². The van der Waals surface area contributed by atoms with Gasteiger partial charge in [-0.1, -0.05) is 6.92 Å². The number of carbonyl (C=O) groups excluding carboxylic acids is 2. The molecular weight excluding hydrogens is 446 g/mol. The minimum atomic E-state index is -1.06. The van der Waals surface area contributed by atoms with Gasteiger partial charge in [-0.25, -0.2) is 9.59 Å². The van der Waals surface area contributed by atoms with E-state index in [1.54, 1.807) is 24.3 Å². The highest BCUT2D eigenvalue weighted by molar-refractivity contribution is 6.04. The number of carbonyl (C=O) groups is 2. The quantitative estimate of drug-likeness (QED) is 0.323. The summed E-state index contributed by atoms with van der Waals surface area (Å²) >= 11 is 0. The molecule has 3 rings (SSSR count). The van der Waals surface area contributed by atoms with Gasteiger partial charge in [-0.2, -0.15) is 0 Å². The first kappa shape index (κ1) is 24.4. The van der Waals surface area contributed by atoms with Crippen LogP contribution in [0.4, 0.5) is 10.5 Å². The third-order valence-corrected chi connectivity index (χ3v) is 5.11. The van der Waals surface area contributed by atoms with Gasteiger partial charge < -0.3 is 29.6 Å². The Labute approximate surface area is 195 Å². The number of nitro groups is 1. The minimum Gasteiger partial charge on any atom is -0.497 e. The first-order chi connectivity index (χ1) is 16.3. The summed E-state index contributed by atoms with van der Waals surface area (Å²) in [6, 6.07) is 7.76. The Kier molecular flexibility index (Phi) is 7.57. The number of hydrogen-bond donors (Lipinski definition) is 2. The zero-order valence-corrected chi connectivity index (χ0v) is 19.2. The van der Waals surface area contributed by atoms with Crippen LogP contribution >= 0.6 is 0 Å². The molecule has 0 spiro atoms. The van der Waals surface area contributed by atoms with Gasteiger partial charge in [0, 0.05) is 6.07 Å². The van der Waals surface area contributed by atoms with Crippen LogP contribution in [-0.4, -0.2) is 44.9 Å². The number of amides is 2. The second-order valence-electron chi connectivity index (χ2n) is 7.22. The molecule has 2 N–H and O–H groups in total. The van der Waals surface area contributed by atoms with Crippen molar-refractivity contribution in [1.29, 1.82) is 0 Å². The number of esters is 1. The van der Waals surface area contributed by atoms with E-state index in [2.05, 4.69) is 10.6 Å². The highest BCUT2D eigenvalue weighted by Crippen LogP contribution is 2.42. The van der Waals surface area contributed by atoms with E-state index >= 15 is 0 Å². The maximum absolute atomic E-state index is 12.9. The van der Waals surface area contributed by atoms with Gasteiger partial charge in [0.2, 0.25) is 5.75 Å². The Bertz CT molecular complexity index is 1130. The van der Waals surface area contributed by atoms with Crippen LogP contribution in [0, 0.1) is 10.1 Å². The molecule has 0 aromatic heterocycles. The van der Waals surface area contributed by atoms with Crippen LogP contribution in [0.25, 0.3) is 5.70 Å². The summed E-state index contributed by atoms with van der Waals surface area (Å²) < 4.78 is 21.1.